The molecule has 18 heavy (non-hydrogen) atoms. The molecule has 0 fully saturated rings. The van der Waals surface area contributed by atoms with Gasteiger partial charge in [0.2, 0.25) is 5.91 Å². The van der Waals surface area contributed by atoms with Crippen LogP contribution in [-0.4, -0.2) is 20.7 Å². The smallest absolute Gasteiger partial charge is 0.226 e. The number of anilines is 1. The van der Waals surface area contributed by atoms with Gasteiger partial charge in [-0.15, -0.1) is 0 Å². The maximum atomic E-state index is 11.8. The second kappa shape index (κ2) is 6.28. The Hall–Kier alpha value is -0.960. The molecule has 0 aliphatic carbocycles. The van der Waals surface area contributed by atoms with Gasteiger partial charge in [0.25, 0.3) is 0 Å². The van der Waals surface area contributed by atoms with Crippen LogP contribution in [0, 0.1) is 3.57 Å². The molecular formula is C11H10BrIN4O. The average Bonchev–Trinajstić information content (AvgIpc) is 2.84. The van der Waals surface area contributed by atoms with Crippen LogP contribution in [0.15, 0.2) is 35.3 Å². The van der Waals surface area contributed by atoms with Crippen molar-refractivity contribution in [2.75, 3.05) is 5.32 Å². The van der Waals surface area contributed by atoms with Gasteiger partial charge in [-0.05, 0) is 56.7 Å². The summed E-state index contributed by atoms with van der Waals surface area (Å²) in [4.78, 5) is 15.6. The highest BCUT2D eigenvalue weighted by atomic mass is 127. The average molecular weight is 421 g/mol. The molecule has 1 N–H and O–H groups in total. The van der Waals surface area contributed by atoms with E-state index in [-0.39, 0.29) is 5.91 Å². The third kappa shape index (κ3) is 3.77. The zero-order valence-corrected chi connectivity index (χ0v) is 13.1. The fourth-order valence-corrected chi connectivity index (χ4v) is 2.21. The first kappa shape index (κ1) is 13.5. The van der Waals surface area contributed by atoms with Gasteiger partial charge in [-0.3, -0.25) is 9.48 Å². The molecule has 0 atom stereocenters. The number of rotatable bonds is 4. The molecule has 94 valence electrons. The molecule has 0 bridgehead atoms. The second-order valence-corrected chi connectivity index (χ2v) is 5.68. The monoisotopic (exact) mass is 420 g/mol. The van der Waals surface area contributed by atoms with Crippen molar-refractivity contribution in [2.45, 2.75) is 13.0 Å². The van der Waals surface area contributed by atoms with Crippen LogP contribution in [0.4, 0.5) is 5.69 Å². The lowest BCUT2D eigenvalue weighted by Crippen LogP contribution is -2.15. The number of aryl methyl sites for hydroxylation is 1. The highest BCUT2D eigenvalue weighted by molar-refractivity contribution is 14.1. The predicted molar refractivity (Wildman–Crippen MR) is 80.1 cm³/mol. The lowest BCUT2D eigenvalue weighted by molar-refractivity contribution is -0.116. The Kier molecular flexibility index (Phi) is 4.70. The zero-order valence-electron chi connectivity index (χ0n) is 9.31. The Bertz CT molecular complexity index is 544. The van der Waals surface area contributed by atoms with Gasteiger partial charge in [0.15, 0.2) is 0 Å². The molecule has 2 aromatic rings. The minimum Gasteiger partial charge on any atom is -0.325 e. The Morgan fingerprint density at radius 1 is 1.50 bits per heavy atom. The standard InChI is InChI=1S/C11H10BrIN4O/c12-9-2-1-8(13)5-10(9)16-11(18)3-4-17-7-14-6-15-17/h1-2,5-7H,3-4H2,(H,16,18). The summed E-state index contributed by atoms with van der Waals surface area (Å²) in [5.41, 5.74) is 0.783. The molecule has 0 saturated carbocycles. The van der Waals surface area contributed by atoms with Gasteiger partial charge in [0.1, 0.15) is 12.7 Å². The molecule has 1 aromatic carbocycles. The molecule has 0 saturated heterocycles. The van der Waals surface area contributed by atoms with Gasteiger partial charge in [-0.1, -0.05) is 0 Å². The fourth-order valence-electron chi connectivity index (χ4n) is 1.37. The molecule has 0 aliphatic rings. The summed E-state index contributed by atoms with van der Waals surface area (Å²) >= 11 is 5.61. The van der Waals surface area contributed by atoms with Crippen LogP contribution in [0.1, 0.15) is 6.42 Å². The number of benzene rings is 1. The van der Waals surface area contributed by atoms with E-state index in [1.165, 1.54) is 6.33 Å². The molecule has 0 aliphatic heterocycles. The van der Waals surface area contributed by atoms with Crippen LogP contribution in [0.2, 0.25) is 0 Å². The Morgan fingerprint density at radius 3 is 3.06 bits per heavy atom. The number of amides is 1. The van der Waals surface area contributed by atoms with Gasteiger partial charge < -0.3 is 5.32 Å². The Labute approximate surface area is 126 Å². The minimum absolute atomic E-state index is 0.0480. The quantitative estimate of drug-likeness (QED) is 0.773. The number of nitrogens with one attached hydrogen (secondary N) is 1. The van der Waals surface area contributed by atoms with Crippen LogP contribution >= 0.6 is 38.5 Å². The lowest BCUT2D eigenvalue weighted by Gasteiger charge is -2.07. The molecular weight excluding hydrogens is 411 g/mol. The van der Waals surface area contributed by atoms with E-state index >= 15 is 0 Å². The summed E-state index contributed by atoms with van der Waals surface area (Å²) in [6.07, 6.45) is 3.41. The summed E-state index contributed by atoms with van der Waals surface area (Å²) in [5, 5.41) is 6.80. The third-order valence-electron chi connectivity index (χ3n) is 2.24. The molecule has 2 rings (SSSR count). The van der Waals surface area contributed by atoms with Gasteiger partial charge in [0, 0.05) is 14.5 Å². The van der Waals surface area contributed by atoms with E-state index in [4.69, 9.17) is 0 Å². The van der Waals surface area contributed by atoms with E-state index in [9.17, 15) is 4.79 Å². The maximum absolute atomic E-state index is 11.8. The number of hydrogen-bond acceptors (Lipinski definition) is 3. The van der Waals surface area contributed by atoms with Crippen molar-refractivity contribution in [1.29, 1.82) is 0 Å². The number of carbonyl (C=O) groups is 1. The van der Waals surface area contributed by atoms with Crippen molar-refractivity contribution < 1.29 is 4.79 Å². The topological polar surface area (TPSA) is 59.8 Å². The van der Waals surface area contributed by atoms with Gasteiger partial charge in [-0.2, -0.15) is 5.10 Å². The van der Waals surface area contributed by atoms with Gasteiger partial charge in [-0.25, -0.2) is 4.98 Å². The maximum Gasteiger partial charge on any atom is 0.226 e. The Morgan fingerprint density at radius 2 is 2.33 bits per heavy atom. The van der Waals surface area contributed by atoms with Crippen molar-refractivity contribution in [2.24, 2.45) is 0 Å². The first-order valence-electron chi connectivity index (χ1n) is 5.22. The normalized spacial score (nSPS) is 10.3. The fraction of sp³-hybridized carbons (Fsp3) is 0.182. The molecule has 0 radical (unpaired) electrons. The van der Waals surface area contributed by atoms with Crippen LogP contribution in [0.5, 0.6) is 0 Å². The van der Waals surface area contributed by atoms with Crippen molar-refractivity contribution in [1.82, 2.24) is 14.8 Å². The predicted octanol–water partition coefficient (Wildman–Crippen LogP) is 2.67. The first-order chi connectivity index (χ1) is 8.65. The van der Waals surface area contributed by atoms with Crippen molar-refractivity contribution in [3.05, 3.63) is 38.9 Å². The van der Waals surface area contributed by atoms with E-state index in [1.807, 2.05) is 18.2 Å². The SMILES string of the molecule is O=C(CCn1cncn1)Nc1cc(I)ccc1Br. The third-order valence-corrected chi connectivity index (χ3v) is 3.60. The summed E-state index contributed by atoms with van der Waals surface area (Å²) < 4.78 is 3.57. The molecule has 5 nitrogen and oxygen atoms in total. The number of hydrogen-bond donors (Lipinski definition) is 1. The summed E-state index contributed by atoms with van der Waals surface area (Å²) in [6.45, 7) is 0.521. The highest BCUT2D eigenvalue weighted by Gasteiger charge is 2.06. The van der Waals surface area contributed by atoms with Crippen LogP contribution in [-0.2, 0) is 11.3 Å². The molecule has 0 unspecified atom stereocenters. The zero-order chi connectivity index (χ0) is 13.0. The molecule has 0 spiro atoms. The van der Waals surface area contributed by atoms with Gasteiger partial charge in [0.05, 0.1) is 12.2 Å². The number of nitrogens with zero attached hydrogens (tertiary/aromatic N) is 3. The van der Waals surface area contributed by atoms with Crippen molar-refractivity contribution >= 4 is 50.1 Å². The number of carbonyl (C=O) groups excluding carboxylic acids is 1. The van der Waals surface area contributed by atoms with E-state index < -0.39 is 0 Å². The Balaban J connectivity index is 1.92. The molecule has 1 heterocycles. The van der Waals surface area contributed by atoms with Crippen LogP contribution < -0.4 is 5.32 Å². The number of halogens is 2. The van der Waals surface area contributed by atoms with Crippen molar-refractivity contribution in [3.8, 4) is 0 Å². The van der Waals surface area contributed by atoms with Gasteiger partial charge >= 0.3 is 0 Å². The largest absolute Gasteiger partial charge is 0.325 e. The molecule has 1 amide bonds. The van der Waals surface area contributed by atoms with Crippen molar-refractivity contribution in [3.63, 3.8) is 0 Å². The summed E-state index contributed by atoms with van der Waals surface area (Å²) in [7, 11) is 0. The van der Waals surface area contributed by atoms with Crippen LogP contribution in [0.3, 0.4) is 0 Å². The number of aromatic nitrogens is 3. The highest BCUT2D eigenvalue weighted by Crippen LogP contribution is 2.24. The summed E-state index contributed by atoms with van der Waals surface area (Å²) in [6, 6.07) is 5.79. The lowest BCUT2D eigenvalue weighted by atomic mass is 10.3. The van der Waals surface area contributed by atoms with E-state index in [2.05, 4.69) is 53.9 Å². The summed E-state index contributed by atoms with van der Waals surface area (Å²) in [5.74, 6) is -0.0480. The first-order valence-corrected chi connectivity index (χ1v) is 7.09. The van der Waals surface area contributed by atoms with Crippen LogP contribution in [0.25, 0.3) is 0 Å². The molecule has 7 heteroatoms. The second-order valence-electron chi connectivity index (χ2n) is 3.58. The van der Waals surface area contributed by atoms with E-state index in [0.717, 1.165) is 13.7 Å². The van der Waals surface area contributed by atoms with E-state index in [1.54, 1.807) is 11.0 Å². The molecule has 1 aromatic heterocycles. The van der Waals surface area contributed by atoms with E-state index in [0.29, 0.717) is 13.0 Å². The minimum atomic E-state index is -0.0480.